The molecule has 17 heavy (non-hydrogen) atoms. The predicted molar refractivity (Wildman–Crippen MR) is 59.8 cm³/mol. The van der Waals surface area contributed by atoms with Gasteiger partial charge >= 0.3 is 0 Å². The van der Waals surface area contributed by atoms with Gasteiger partial charge in [-0.3, -0.25) is 4.79 Å². The first-order valence-electron chi connectivity index (χ1n) is 5.37. The van der Waals surface area contributed by atoms with Crippen LogP contribution in [-0.2, 0) is 0 Å². The number of halogens is 2. The summed E-state index contributed by atoms with van der Waals surface area (Å²) >= 11 is 0. The van der Waals surface area contributed by atoms with Gasteiger partial charge in [-0.15, -0.1) is 0 Å². The maximum absolute atomic E-state index is 13.7. The van der Waals surface area contributed by atoms with Crippen LogP contribution < -0.4 is 0 Å². The van der Waals surface area contributed by atoms with Gasteiger partial charge in [-0.25, -0.2) is 8.78 Å². The van der Waals surface area contributed by atoms with Gasteiger partial charge in [-0.2, -0.15) is 0 Å². The van der Waals surface area contributed by atoms with Gasteiger partial charge in [0.05, 0.1) is 6.61 Å². The molecule has 5 heteroatoms. The molecule has 0 radical (unpaired) electrons. The highest BCUT2D eigenvalue weighted by Gasteiger charge is 2.23. The lowest BCUT2D eigenvalue weighted by Crippen LogP contribution is -2.34. The lowest BCUT2D eigenvalue weighted by atomic mass is 10.1. The number of carbonyl (C=O) groups is 1. The zero-order valence-corrected chi connectivity index (χ0v) is 9.83. The van der Waals surface area contributed by atoms with Crippen LogP contribution in [0.4, 0.5) is 8.78 Å². The molecule has 0 atom stereocenters. The van der Waals surface area contributed by atoms with Gasteiger partial charge in [-0.1, -0.05) is 6.07 Å². The Bertz CT molecular complexity index is 421. The molecule has 0 saturated heterocycles. The molecule has 0 heterocycles. The molecule has 1 aromatic rings. The van der Waals surface area contributed by atoms with Crippen molar-refractivity contribution in [3.63, 3.8) is 0 Å². The van der Waals surface area contributed by atoms with E-state index in [0.29, 0.717) is 0 Å². The van der Waals surface area contributed by atoms with E-state index in [1.165, 1.54) is 17.9 Å². The van der Waals surface area contributed by atoms with Crippen LogP contribution >= 0.6 is 0 Å². The topological polar surface area (TPSA) is 40.5 Å². The van der Waals surface area contributed by atoms with Crippen molar-refractivity contribution in [1.29, 1.82) is 0 Å². The first-order valence-corrected chi connectivity index (χ1v) is 5.37. The molecule has 3 nitrogen and oxygen atoms in total. The molecule has 1 amide bonds. The summed E-state index contributed by atoms with van der Waals surface area (Å²) in [4.78, 5) is 13.1. The molecule has 0 bridgehead atoms. The highest BCUT2D eigenvalue weighted by molar-refractivity contribution is 5.95. The molecule has 0 aliphatic carbocycles. The second-order valence-corrected chi connectivity index (χ2v) is 3.66. The van der Waals surface area contributed by atoms with Gasteiger partial charge in [0.1, 0.15) is 17.2 Å². The van der Waals surface area contributed by atoms with Crippen molar-refractivity contribution >= 4 is 5.91 Å². The summed E-state index contributed by atoms with van der Waals surface area (Å²) in [6, 6.07) is 2.35. The molecule has 0 aromatic heterocycles. The summed E-state index contributed by atoms with van der Waals surface area (Å²) in [6.45, 7) is 3.25. The average Bonchev–Trinajstić information content (AvgIpc) is 2.31. The largest absolute Gasteiger partial charge is 0.395 e. The quantitative estimate of drug-likeness (QED) is 0.874. The number of amides is 1. The normalized spacial score (nSPS) is 10.4. The molecule has 0 aliphatic heterocycles. The molecule has 1 N–H and O–H groups in total. The first kappa shape index (κ1) is 13.6. The van der Waals surface area contributed by atoms with Crippen molar-refractivity contribution in [2.24, 2.45) is 0 Å². The van der Waals surface area contributed by atoms with Crippen molar-refractivity contribution in [2.45, 2.75) is 13.8 Å². The SMILES string of the molecule is CCN(CCO)C(=O)c1c(F)ccc(C)c1F. The maximum Gasteiger partial charge on any atom is 0.259 e. The zero-order valence-electron chi connectivity index (χ0n) is 9.83. The highest BCUT2D eigenvalue weighted by Crippen LogP contribution is 2.18. The van der Waals surface area contributed by atoms with E-state index in [1.54, 1.807) is 6.92 Å². The number of hydrogen-bond donors (Lipinski definition) is 1. The molecular weight excluding hydrogens is 228 g/mol. The summed E-state index contributed by atoms with van der Waals surface area (Å²) in [7, 11) is 0. The zero-order chi connectivity index (χ0) is 13.0. The number of hydrogen-bond acceptors (Lipinski definition) is 2. The van der Waals surface area contributed by atoms with E-state index in [9.17, 15) is 13.6 Å². The Kier molecular flexibility index (Phi) is 4.57. The molecule has 1 rings (SSSR count). The van der Waals surface area contributed by atoms with E-state index >= 15 is 0 Å². The highest BCUT2D eigenvalue weighted by atomic mass is 19.1. The third-order valence-electron chi connectivity index (χ3n) is 2.54. The standard InChI is InChI=1S/C12H15F2NO2/c1-3-15(6-7-16)12(17)10-9(13)5-4-8(2)11(10)14/h4-5,16H,3,6-7H2,1-2H3. The molecule has 0 saturated carbocycles. The lowest BCUT2D eigenvalue weighted by molar-refractivity contribution is 0.0722. The van der Waals surface area contributed by atoms with E-state index in [-0.39, 0.29) is 25.3 Å². The molecule has 0 unspecified atom stereocenters. The molecule has 0 fully saturated rings. The monoisotopic (exact) mass is 243 g/mol. The van der Waals surface area contributed by atoms with E-state index in [4.69, 9.17) is 5.11 Å². The summed E-state index contributed by atoms with van der Waals surface area (Å²) < 4.78 is 27.2. The third kappa shape index (κ3) is 2.79. The van der Waals surface area contributed by atoms with Crippen LogP contribution in [-0.4, -0.2) is 35.6 Å². The van der Waals surface area contributed by atoms with Crippen LogP contribution in [0.15, 0.2) is 12.1 Å². The summed E-state index contributed by atoms with van der Waals surface area (Å²) in [5, 5.41) is 8.78. The van der Waals surface area contributed by atoms with Crippen molar-refractivity contribution in [1.82, 2.24) is 4.90 Å². The second kappa shape index (κ2) is 5.72. The Labute approximate surface area is 98.7 Å². The summed E-state index contributed by atoms with van der Waals surface area (Å²) in [5.74, 6) is -2.46. The Balaban J connectivity index is 3.15. The Hall–Kier alpha value is -1.49. The fourth-order valence-electron chi connectivity index (χ4n) is 1.53. The molecule has 94 valence electrons. The van der Waals surface area contributed by atoms with Gasteiger partial charge in [-0.05, 0) is 25.5 Å². The number of nitrogens with zero attached hydrogens (tertiary/aromatic N) is 1. The number of likely N-dealkylation sites (N-methyl/N-ethyl adjacent to an activating group) is 1. The molecule has 0 spiro atoms. The van der Waals surface area contributed by atoms with Crippen LogP contribution in [0.1, 0.15) is 22.8 Å². The summed E-state index contributed by atoms with van der Waals surface area (Å²) in [6.07, 6.45) is 0. The number of aryl methyl sites for hydroxylation is 1. The molecule has 1 aromatic carbocycles. The molecular formula is C12H15F2NO2. The minimum atomic E-state index is -0.880. The number of aliphatic hydroxyl groups excluding tert-OH is 1. The van der Waals surface area contributed by atoms with Crippen molar-refractivity contribution < 1.29 is 18.7 Å². The van der Waals surface area contributed by atoms with Crippen molar-refractivity contribution in [3.8, 4) is 0 Å². The van der Waals surface area contributed by atoms with E-state index < -0.39 is 23.1 Å². The van der Waals surface area contributed by atoms with Crippen LogP contribution in [0.2, 0.25) is 0 Å². The Morgan fingerprint density at radius 2 is 2.06 bits per heavy atom. The number of benzene rings is 1. The number of aliphatic hydroxyl groups is 1. The van der Waals surface area contributed by atoms with Crippen molar-refractivity contribution in [2.75, 3.05) is 19.7 Å². The maximum atomic E-state index is 13.7. The van der Waals surface area contributed by atoms with Gasteiger partial charge in [0.2, 0.25) is 0 Å². The van der Waals surface area contributed by atoms with E-state index in [0.717, 1.165) is 6.07 Å². The van der Waals surface area contributed by atoms with Gasteiger partial charge in [0, 0.05) is 13.1 Å². The first-order chi connectivity index (χ1) is 8.02. The van der Waals surface area contributed by atoms with Gasteiger partial charge in [0.25, 0.3) is 5.91 Å². The lowest BCUT2D eigenvalue weighted by Gasteiger charge is -2.20. The Morgan fingerprint density at radius 3 is 2.59 bits per heavy atom. The fraction of sp³-hybridized carbons (Fsp3) is 0.417. The smallest absolute Gasteiger partial charge is 0.259 e. The number of rotatable bonds is 4. The van der Waals surface area contributed by atoms with Crippen LogP contribution in [0, 0.1) is 18.6 Å². The van der Waals surface area contributed by atoms with Crippen molar-refractivity contribution in [3.05, 3.63) is 34.9 Å². The van der Waals surface area contributed by atoms with Crippen LogP contribution in [0.3, 0.4) is 0 Å². The predicted octanol–water partition coefficient (Wildman–Crippen LogP) is 1.73. The van der Waals surface area contributed by atoms with Crippen LogP contribution in [0.5, 0.6) is 0 Å². The second-order valence-electron chi connectivity index (χ2n) is 3.66. The van der Waals surface area contributed by atoms with E-state index in [2.05, 4.69) is 0 Å². The number of carbonyl (C=O) groups excluding carboxylic acids is 1. The fourth-order valence-corrected chi connectivity index (χ4v) is 1.53. The average molecular weight is 243 g/mol. The third-order valence-corrected chi connectivity index (χ3v) is 2.54. The Morgan fingerprint density at radius 1 is 1.41 bits per heavy atom. The van der Waals surface area contributed by atoms with Gasteiger partial charge in [0.15, 0.2) is 0 Å². The van der Waals surface area contributed by atoms with Gasteiger partial charge < -0.3 is 10.0 Å². The minimum Gasteiger partial charge on any atom is -0.395 e. The van der Waals surface area contributed by atoms with E-state index in [1.807, 2.05) is 0 Å². The van der Waals surface area contributed by atoms with Crippen LogP contribution in [0.25, 0.3) is 0 Å². The minimum absolute atomic E-state index is 0.0577. The molecule has 0 aliphatic rings. The summed E-state index contributed by atoms with van der Waals surface area (Å²) in [5.41, 5.74) is -0.338.